The van der Waals surface area contributed by atoms with Crippen molar-refractivity contribution >= 4 is 17.3 Å². The maximum Gasteiger partial charge on any atom is 0.227 e. The number of nitrogens with zero attached hydrogens (tertiary/aromatic N) is 3. The highest BCUT2D eigenvalue weighted by atomic mass is 15.1. The summed E-state index contributed by atoms with van der Waals surface area (Å²) in [4.78, 5) is 14.3. The Balaban J connectivity index is 0.000000606. The lowest BCUT2D eigenvalue weighted by atomic mass is 9.95. The van der Waals surface area contributed by atoms with Gasteiger partial charge in [0.15, 0.2) is 0 Å². The molecule has 1 aliphatic heterocycles. The molecule has 0 aliphatic carbocycles. The summed E-state index contributed by atoms with van der Waals surface area (Å²) in [6.07, 6.45) is 1.88. The Morgan fingerprint density at radius 1 is 0.641 bits per heavy atom. The molecule has 1 N–H and O–H groups in total. The molecule has 5 rings (SSSR count). The number of hydrogen-bond acceptors (Lipinski definition) is 4. The first-order chi connectivity index (χ1) is 18.9. The van der Waals surface area contributed by atoms with Crippen molar-refractivity contribution in [2.75, 3.05) is 5.32 Å². The predicted molar refractivity (Wildman–Crippen MR) is 172 cm³/mol. The van der Waals surface area contributed by atoms with E-state index in [2.05, 4.69) is 62.3 Å². The minimum atomic E-state index is 0.500. The van der Waals surface area contributed by atoms with Gasteiger partial charge in [0.2, 0.25) is 5.95 Å². The summed E-state index contributed by atoms with van der Waals surface area (Å²) in [6, 6.07) is 28.6. The lowest BCUT2D eigenvalue weighted by molar-refractivity contribution is 0.469. The number of anilines is 2. The van der Waals surface area contributed by atoms with Gasteiger partial charge in [-0.1, -0.05) is 142 Å². The van der Waals surface area contributed by atoms with E-state index in [1.54, 1.807) is 0 Å². The number of nitrogens with one attached hydrogen (secondary N) is 1. The summed E-state index contributed by atoms with van der Waals surface area (Å²) in [7, 11) is 0. The normalized spacial score (nSPS) is 10.9. The lowest BCUT2D eigenvalue weighted by Gasteiger charge is -2.12. The van der Waals surface area contributed by atoms with Crippen LogP contribution in [0, 0.1) is 5.41 Å². The van der Waals surface area contributed by atoms with Crippen molar-refractivity contribution in [2.24, 2.45) is 10.4 Å². The monoisotopic (exact) mass is 524 g/mol. The average molecular weight is 525 g/mol. The number of hydrogen-bond donors (Lipinski definition) is 1. The first-order valence-electron chi connectivity index (χ1n) is 14.3. The number of fused-ring (bicyclic) bond motifs is 3. The van der Waals surface area contributed by atoms with Gasteiger partial charge < -0.3 is 5.32 Å². The fourth-order valence-electron chi connectivity index (χ4n) is 3.45. The van der Waals surface area contributed by atoms with Crippen LogP contribution in [-0.4, -0.2) is 15.7 Å². The highest BCUT2D eigenvalue weighted by Gasteiger charge is 2.20. The van der Waals surface area contributed by atoms with Gasteiger partial charge in [-0.2, -0.15) is 0 Å². The SMILES string of the molecule is CC.CC.CC.CC(C)(C)C.c1ccc(Nc2ncc3c(n2)-c2ccccc2C(c2ccccc2)=NC3)cc1. The Morgan fingerprint density at radius 2 is 1.13 bits per heavy atom. The molecular weight excluding hydrogens is 476 g/mol. The zero-order valence-corrected chi connectivity index (χ0v) is 25.7. The van der Waals surface area contributed by atoms with Crippen LogP contribution in [-0.2, 0) is 6.54 Å². The lowest BCUT2D eigenvalue weighted by Crippen LogP contribution is -2.04. The van der Waals surface area contributed by atoms with Crippen LogP contribution in [0.25, 0.3) is 11.3 Å². The molecule has 0 bridgehead atoms. The van der Waals surface area contributed by atoms with Gasteiger partial charge in [-0.25, -0.2) is 9.97 Å². The van der Waals surface area contributed by atoms with Gasteiger partial charge >= 0.3 is 0 Å². The van der Waals surface area contributed by atoms with Crippen molar-refractivity contribution in [1.29, 1.82) is 0 Å². The first kappa shape index (κ1) is 33.2. The molecule has 4 heteroatoms. The van der Waals surface area contributed by atoms with Crippen LogP contribution in [0.5, 0.6) is 0 Å². The van der Waals surface area contributed by atoms with Crippen molar-refractivity contribution in [3.8, 4) is 11.3 Å². The fourth-order valence-corrected chi connectivity index (χ4v) is 3.45. The third-order valence-corrected chi connectivity index (χ3v) is 4.79. The molecule has 4 aromatic rings. The van der Waals surface area contributed by atoms with Crippen molar-refractivity contribution < 1.29 is 0 Å². The van der Waals surface area contributed by atoms with Crippen LogP contribution in [0.4, 0.5) is 11.6 Å². The van der Waals surface area contributed by atoms with Crippen LogP contribution in [0.15, 0.2) is 96.1 Å². The van der Waals surface area contributed by atoms with Gasteiger partial charge in [-0.3, -0.25) is 4.99 Å². The van der Waals surface area contributed by atoms with Crippen molar-refractivity contribution in [3.05, 3.63) is 108 Å². The maximum atomic E-state index is 4.91. The van der Waals surface area contributed by atoms with Gasteiger partial charge in [0, 0.05) is 34.1 Å². The Hall–Kier alpha value is -3.79. The third-order valence-electron chi connectivity index (χ3n) is 4.79. The van der Waals surface area contributed by atoms with E-state index in [1.807, 2.05) is 108 Å². The van der Waals surface area contributed by atoms with E-state index in [-0.39, 0.29) is 0 Å². The van der Waals surface area contributed by atoms with E-state index >= 15 is 0 Å². The van der Waals surface area contributed by atoms with Crippen LogP contribution in [0.2, 0.25) is 0 Å². The molecule has 2 heterocycles. The molecule has 1 aliphatic rings. The van der Waals surface area contributed by atoms with Gasteiger partial charge in [0.05, 0.1) is 18.0 Å². The largest absolute Gasteiger partial charge is 0.324 e. The third kappa shape index (κ3) is 10.8. The fraction of sp³-hybridized carbons (Fsp3) is 0.343. The molecule has 0 fully saturated rings. The summed E-state index contributed by atoms with van der Waals surface area (Å²) in [5.74, 6) is 0.586. The average Bonchev–Trinajstić information content (AvgIpc) is 3.13. The Bertz CT molecular complexity index is 1230. The second-order valence-corrected chi connectivity index (χ2v) is 9.63. The summed E-state index contributed by atoms with van der Waals surface area (Å²) in [5.41, 5.74) is 7.69. The molecule has 4 nitrogen and oxygen atoms in total. The summed E-state index contributed by atoms with van der Waals surface area (Å²) < 4.78 is 0. The zero-order chi connectivity index (χ0) is 29.3. The summed E-state index contributed by atoms with van der Waals surface area (Å²) in [5, 5.41) is 3.29. The van der Waals surface area contributed by atoms with Crippen LogP contribution >= 0.6 is 0 Å². The standard InChI is InChI=1S/C24H18N4.C5H12.3C2H6/c1-3-9-17(10-4-1)22-20-13-7-8-14-21(20)23-18(15-25-22)16-26-24(28-23)27-19-11-5-2-6-12-19;1-5(2,3)4;3*1-2/h1-14,16H,15H2,(H,26,27,28);1-4H3;3*1-2H3. The highest BCUT2D eigenvalue weighted by molar-refractivity contribution is 6.16. The molecule has 0 spiro atoms. The van der Waals surface area contributed by atoms with Crippen molar-refractivity contribution in [1.82, 2.24) is 9.97 Å². The van der Waals surface area contributed by atoms with Gasteiger partial charge in [0.25, 0.3) is 0 Å². The van der Waals surface area contributed by atoms with E-state index in [0.29, 0.717) is 17.9 Å². The van der Waals surface area contributed by atoms with E-state index in [4.69, 9.17) is 9.98 Å². The number of para-hydroxylation sites is 1. The molecule has 1 aromatic heterocycles. The Kier molecular flexibility index (Phi) is 15.1. The minimum absolute atomic E-state index is 0.500. The number of benzene rings is 3. The molecule has 39 heavy (non-hydrogen) atoms. The quantitative estimate of drug-likeness (QED) is 0.290. The predicted octanol–water partition coefficient (Wildman–Crippen LogP) is 10.4. The zero-order valence-electron chi connectivity index (χ0n) is 25.7. The molecule has 0 saturated heterocycles. The first-order valence-corrected chi connectivity index (χ1v) is 14.3. The molecule has 0 amide bonds. The molecule has 0 atom stereocenters. The number of aromatic nitrogens is 2. The number of rotatable bonds is 3. The van der Waals surface area contributed by atoms with E-state index in [0.717, 1.165) is 39.3 Å². The highest BCUT2D eigenvalue weighted by Crippen LogP contribution is 2.32. The van der Waals surface area contributed by atoms with Crippen molar-refractivity contribution in [2.45, 2.75) is 75.8 Å². The van der Waals surface area contributed by atoms with E-state index in [1.165, 1.54) is 0 Å². The second-order valence-electron chi connectivity index (χ2n) is 9.63. The summed E-state index contributed by atoms with van der Waals surface area (Å²) in [6.45, 7) is 21.3. The molecule has 208 valence electrons. The number of aliphatic imine (C=N–C) groups is 1. The minimum Gasteiger partial charge on any atom is -0.324 e. The van der Waals surface area contributed by atoms with E-state index < -0.39 is 0 Å². The Morgan fingerprint density at radius 3 is 1.69 bits per heavy atom. The van der Waals surface area contributed by atoms with Gasteiger partial charge in [-0.05, 0) is 17.5 Å². The van der Waals surface area contributed by atoms with Crippen LogP contribution in [0.3, 0.4) is 0 Å². The topological polar surface area (TPSA) is 50.2 Å². The van der Waals surface area contributed by atoms with Crippen LogP contribution in [0.1, 0.15) is 85.9 Å². The van der Waals surface area contributed by atoms with Crippen LogP contribution < -0.4 is 5.32 Å². The second kappa shape index (κ2) is 17.7. The van der Waals surface area contributed by atoms with Crippen molar-refractivity contribution in [3.63, 3.8) is 0 Å². The van der Waals surface area contributed by atoms with Gasteiger partial charge in [0.1, 0.15) is 0 Å². The smallest absolute Gasteiger partial charge is 0.227 e. The van der Waals surface area contributed by atoms with E-state index in [9.17, 15) is 0 Å². The maximum absolute atomic E-state index is 4.91. The molecule has 0 saturated carbocycles. The molecule has 3 aromatic carbocycles. The Labute approximate surface area is 237 Å². The molecule has 0 unspecified atom stereocenters. The molecular formula is C35H48N4. The van der Waals surface area contributed by atoms with Gasteiger partial charge in [-0.15, -0.1) is 0 Å². The molecule has 0 radical (unpaired) electrons. The summed E-state index contributed by atoms with van der Waals surface area (Å²) >= 11 is 0.